The average molecular weight is 262 g/mol. The highest BCUT2D eigenvalue weighted by molar-refractivity contribution is 8.13. The van der Waals surface area contributed by atoms with Gasteiger partial charge in [-0.05, 0) is 30.0 Å². The molecule has 0 unspecified atom stereocenters. The Morgan fingerprint density at radius 2 is 2.00 bits per heavy atom. The van der Waals surface area contributed by atoms with Crippen LogP contribution in [0.3, 0.4) is 0 Å². The lowest BCUT2D eigenvalue weighted by Crippen LogP contribution is -2.25. The van der Waals surface area contributed by atoms with Gasteiger partial charge in [0.2, 0.25) is 0 Å². The molecule has 4 nitrogen and oxygen atoms in total. The molecule has 1 aliphatic rings. The first kappa shape index (κ1) is 12.7. The van der Waals surface area contributed by atoms with Gasteiger partial charge in [0, 0.05) is 7.05 Å². The Kier molecular flexibility index (Phi) is 3.72. The Bertz CT molecular complexity index is 520. The lowest BCUT2D eigenvalue weighted by Gasteiger charge is -2.07. The summed E-state index contributed by atoms with van der Waals surface area (Å²) in [5.74, 6) is 0.718. The van der Waals surface area contributed by atoms with E-state index in [1.54, 1.807) is 25.1 Å². The number of amides is 1. The van der Waals surface area contributed by atoms with Crippen LogP contribution in [0.25, 0.3) is 6.08 Å². The van der Waals surface area contributed by atoms with Gasteiger partial charge in [-0.2, -0.15) is 0 Å². The summed E-state index contributed by atoms with van der Waals surface area (Å²) in [7, 11) is 3.35. The molecule has 5 heteroatoms. The minimum Gasteiger partial charge on any atom is -0.497 e. The van der Waals surface area contributed by atoms with Crippen molar-refractivity contribution in [3.8, 4) is 5.75 Å². The van der Waals surface area contributed by atoms with Gasteiger partial charge in [-0.1, -0.05) is 23.9 Å². The number of carbonyl (C=O) groups is 1. The Balaban J connectivity index is 2.28. The smallest absolute Gasteiger partial charge is 0.278 e. The lowest BCUT2D eigenvalue weighted by atomic mass is 10.2. The van der Waals surface area contributed by atoms with Gasteiger partial charge in [0.15, 0.2) is 5.17 Å². The summed E-state index contributed by atoms with van der Waals surface area (Å²) in [6.45, 7) is 0. The molecule has 2 rings (SSSR count). The summed E-state index contributed by atoms with van der Waals surface area (Å²) in [5, 5.41) is 0.722. The van der Waals surface area contributed by atoms with Crippen molar-refractivity contribution in [2.24, 2.45) is 4.99 Å². The van der Waals surface area contributed by atoms with E-state index in [1.165, 1.54) is 11.8 Å². The third-order valence-corrected chi connectivity index (χ3v) is 3.36. The molecule has 0 fully saturated rings. The normalized spacial score (nSPS) is 17.3. The van der Waals surface area contributed by atoms with E-state index >= 15 is 0 Å². The molecule has 0 saturated carbocycles. The van der Waals surface area contributed by atoms with Gasteiger partial charge < -0.3 is 4.74 Å². The van der Waals surface area contributed by atoms with E-state index in [4.69, 9.17) is 4.74 Å². The van der Waals surface area contributed by atoms with Gasteiger partial charge >= 0.3 is 0 Å². The Morgan fingerprint density at radius 1 is 1.33 bits per heavy atom. The van der Waals surface area contributed by atoms with E-state index in [-0.39, 0.29) is 5.91 Å². The van der Waals surface area contributed by atoms with Crippen molar-refractivity contribution in [2.75, 3.05) is 20.4 Å². The van der Waals surface area contributed by atoms with Crippen molar-refractivity contribution >= 4 is 28.9 Å². The van der Waals surface area contributed by atoms with Crippen molar-refractivity contribution in [3.05, 3.63) is 35.5 Å². The molecule has 0 N–H and O–H groups in total. The fourth-order valence-corrected chi connectivity index (χ4v) is 2.17. The highest BCUT2D eigenvalue weighted by Gasteiger charge is 2.25. The van der Waals surface area contributed by atoms with Gasteiger partial charge in [-0.3, -0.25) is 9.69 Å². The van der Waals surface area contributed by atoms with Crippen LogP contribution < -0.4 is 4.74 Å². The molecule has 1 aromatic rings. The quantitative estimate of drug-likeness (QED) is 0.767. The van der Waals surface area contributed by atoms with Crippen LogP contribution >= 0.6 is 11.8 Å². The number of likely N-dealkylation sites (N-methyl/N-ethyl adjacent to an activating group) is 1. The fourth-order valence-electron chi connectivity index (χ4n) is 1.62. The number of rotatable bonds is 2. The minimum atomic E-state index is -0.0739. The maximum Gasteiger partial charge on any atom is 0.278 e. The van der Waals surface area contributed by atoms with Crippen molar-refractivity contribution in [2.45, 2.75) is 0 Å². The molecule has 1 amide bonds. The largest absolute Gasteiger partial charge is 0.497 e. The maximum absolute atomic E-state index is 11.9. The van der Waals surface area contributed by atoms with Crippen LogP contribution in [0.15, 0.2) is 35.0 Å². The highest BCUT2D eigenvalue weighted by Crippen LogP contribution is 2.21. The average Bonchev–Trinajstić information content (AvgIpc) is 2.67. The van der Waals surface area contributed by atoms with Crippen LogP contribution in [0.5, 0.6) is 5.75 Å². The third kappa shape index (κ3) is 2.41. The maximum atomic E-state index is 11.9. The lowest BCUT2D eigenvalue weighted by molar-refractivity contribution is -0.121. The molecule has 0 spiro atoms. The predicted molar refractivity (Wildman–Crippen MR) is 74.7 cm³/mol. The SMILES string of the molecule is COc1ccc(/C=C2/N=C(SC)N(C)C2=O)cc1. The number of amidine groups is 1. The van der Waals surface area contributed by atoms with E-state index in [9.17, 15) is 4.79 Å². The van der Waals surface area contributed by atoms with E-state index < -0.39 is 0 Å². The first-order chi connectivity index (χ1) is 8.65. The number of hydrogen-bond acceptors (Lipinski definition) is 4. The molecule has 0 bridgehead atoms. The molecule has 1 aliphatic heterocycles. The molecule has 0 aliphatic carbocycles. The molecular weight excluding hydrogens is 248 g/mol. The van der Waals surface area contributed by atoms with Crippen LogP contribution in [0.2, 0.25) is 0 Å². The number of hydrogen-bond donors (Lipinski definition) is 0. The molecule has 1 aromatic carbocycles. The van der Waals surface area contributed by atoms with E-state index in [0.29, 0.717) is 5.70 Å². The standard InChI is InChI=1S/C13H14N2O2S/c1-15-12(16)11(14-13(15)18-3)8-9-4-6-10(17-2)7-5-9/h4-8H,1-3H3/b11-8+. The monoisotopic (exact) mass is 262 g/mol. The molecule has 0 aromatic heterocycles. The first-order valence-corrected chi connectivity index (χ1v) is 6.64. The number of methoxy groups -OCH3 is 1. The molecule has 94 valence electrons. The van der Waals surface area contributed by atoms with Crippen LogP contribution in [0.1, 0.15) is 5.56 Å². The summed E-state index contributed by atoms with van der Waals surface area (Å²) in [5.41, 5.74) is 1.39. The number of carbonyl (C=O) groups excluding carboxylic acids is 1. The zero-order valence-electron chi connectivity index (χ0n) is 10.5. The van der Waals surface area contributed by atoms with Crippen LogP contribution in [0.4, 0.5) is 0 Å². The van der Waals surface area contributed by atoms with Crippen LogP contribution in [-0.4, -0.2) is 36.4 Å². The van der Waals surface area contributed by atoms with Gasteiger partial charge in [0.1, 0.15) is 11.4 Å². The molecule has 18 heavy (non-hydrogen) atoms. The topological polar surface area (TPSA) is 41.9 Å². The molecule has 0 saturated heterocycles. The Labute approximate surface area is 110 Å². The summed E-state index contributed by atoms with van der Waals surface area (Å²) in [6.07, 6.45) is 3.68. The Hall–Kier alpha value is -1.75. The highest BCUT2D eigenvalue weighted by atomic mass is 32.2. The molecule has 0 radical (unpaired) electrons. The summed E-state index contributed by atoms with van der Waals surface area (Å²) >= 11 is 1.46. The number of ether oxygens (including phenoxy) is 1. The van der Waals surface area contributed by atoms with E-state index in [1.807, 2.05) is 30.5 Å². The van der Waals surface area contributed by atoms with E-state index in [2.05, 4.69) is 4.99 Å². The van der Waals surface area contributed by atoms with Gasteiger partial charge in [-0.25, -0.2) is 4.99 Å². The number of nitrogens with zero attached hydrogens (tertiary/aromatic N) is 2. The number of thioether (sulfide) groups is 1. The van der Waals surface area contributed by atoms with Gasteiger partial charge in [-0.15, -0.1) is 0 Å². The summed E-state index contributed by atoms with van der Waals surface area (Å²) in [6, 6.07) is 7.50. The van der Waals surface area contributed by atoms with Gasteiger partial charge in [0.05, 0.1) is 7.11 Å². The molecule has 0 atom stereocenters. The van der Waals surface area contributed by atoms with Crippen molar-refractivity contribution < 1.29 is 9.53 Å². The zero-order valence-corrected chi connectivity index (χ0v) is 11.3. The first-order valence-electron chi connectivity index (χ1n) is 5.42. The van der Waals surface area contributed by atoms with Crippen molar-refractivity contribution in [1.29, 1.82) is 0 Å². The number of benzene rings is 1. The third-order valence-electron chi connectivity index (χ3n) is 2.63. The van der Waals surface area contributed by atoms with E-state index in [0.717, 1.165) is 16.5 Å². The Morgan fingerprint density at radius 3 is 2.50 bits per heavy atom. The molecule has 1 heterocycles. The van der Waals surface area contributed by atoms with Crippen molar-refractivity contribution in [1.82, 2.24) is 4.90 Å². The summed E-state index contributed by atoms with van der Waals surface area (Å²) in [4.78, 5) is 17.8. The van der Waals surface area contributed by atoms with Crippen LogP contribution in [0, 0.1) is 0 Å². The fraction of sp³-hybridized carbons (Fsp3) is 0.231. The minimum absolute atomic E-state index is 0.0739. The molecular formula is C13H14N2O2S. The van der Waals surface area contributed by atoms with Crippen molar-refractivity contribution in [3.63, 3.8) is 0 Å². The van der Waals surface area contributed by atoms with Crippen LogP contribution in [-0.2, 0) is 4.79 Å². The summed E-state index contributed by atoms with van der Waals surface area (Å²) < 4.78 is 5.09. The second-order valence-corrected chi connectivity index (χ2v) is 4.54. The zero-order chi connectivity index (χ0) is 13.1. The van der Waals surface area contributed by atoms with Gasteiger partial charge in [0.25, 0.3) is 5.91 Å². The predicted octanol–water partition coefficient (Wildman–Crippen LogP) is 2.23. The second-order valence-electron chi connectivity index (χ2n) is 3.77. The second kappa shape index (κ2) is 5.27. The number of aliphatic imine (C=N–C) groups is 1.